The Balaban J connectivity index is 1.44. The van der Waals surface area contributed by atoms with Crippen LogP contribution >= 0.6 is 0 Å². The number of piperidine rings is 1. The second-order valence-corrected chi connectivity index (χ2v) is 8.80. The monoisotopic (exact) mass is 382 g/mol. The molecule has 26 heavy (non-hydrogen) atoms. The third kappa shape index (κ3) is 4.42. The smallest absolute Gasteiger partial charge is 0.317 e. The Hall–Kier alpha value is -1.94. The summed E-state index contributed by atoms with van der Waals surface area (Å²) in [7, 11) is -3.13. The van der Waals surface area contributed by atoms with Gasteiger partial charge in [-0.2, -0.15) is 0 Å². The van der Waals surface area contributed by atoms with Crippen molar-refractivity contribution in [2.75, 3.05) is 49.9 Å². The van der Waals surface area contributed by atoms with Crippen LogP contribution in [-0.4, -0.2) is 84.7 Å². The fourth-order valence-corrected chi connectivity index (χ4v) is 4.42. The standard InChI is InChI=1S/C16H26N6O3S/c1-2-26(24,25)22-8-4-14(5-9-22)19-16(23)21-12-10-20(11-13-21)15-17-6-3-7-18-15/h3,6-7,14H,2,4-5,8-13H2,1H3,(H,19,23). The molecule has 1 N–H and O–H groups in total. The van der Waals surface area contributed by atoms with E-state index in [1.807, 2.05) is 0 Å². The van der Waals surface area contributed by atoms with Crippen molar-refractivity contribution in [2.24, 2.45) is 0 Å². The van der Waals surface area contributed by atoms with Crippen LogP contribution in [0.25, 0.3) is 0 Å². The first-order valence-electron chi connectivity index (χ1n) is 9.05. The van der Waals surface area contributed by atoms with E-state index in [-0.39, 0.29) is 17.8 Å². The lowest BCUT2D eigenvalue weighted by Crippen LogP contribution is -2.55. The fraction of sp³-hybridized carbons (Fsp3) is 0.688. The molecule has 0 radical (unpaired) electrons. The Bertz CT molecular complexity index is 698. The summed E-state index contributed by atoms with van der Waals surface area (Å²) >= 11 is 0. The van der Waals surface area contributed by atoms with Gasteiger partial charge < -0.3 is 15.1 Å². The van der Waals surface area contributed by atoms with Gasteiger partial charge in [0.25, 0.3) is 0 Å². The lowest BCUT2D eigenvalue weighted by molar-refractivity contribution is 0.183. The molecule has 2 fully saturated rings. The zero-order valence-corrected chi connectivity index (χ0v) is 15.9. The fourth-order valence-electron chi connectivity index (χ4n) is 3.29. The van der Waals surface area contributed by atoms with Crippen molar-refractivity contribution in [3.8, 4) is 0 Å². The van der Waals surface area contributed by atoms with E-state index >= 15 is 0 Å². The zero-order chi connectivity index (χ0) is 18.6. The van der Waals surface area contributed by atoms with E-state index in [9.17, 15) is 13.2 Å². The molecule has 0 aromatic carbocycles. The molecule has 2 aliphatic heterocycles. The highest BCUT2D eigenvalue weighted by atomic mass is 32.2. The number of carbonyl (C=O) groups is 1. The molecule has 2 aliphatic rings. The topological polar surface area (TPSA) is 98.7 Å². The number of hydrogen-bond donors (Lipinski definition) is 1. The van der Waals surface area contributed by atoms with Gasteiger partial charge in [0.05, 0.1) is 5.75 Å². The number of amides is 2. The van der Waals surface area contributed by atoms with E-state index in [1.165, 1.54) is 4.31 Å². The van der Waals surface area contributed by atoms with Crippen LogP contribution in [0.5, 0.6) is 0 Å². The molecular formula is C16H26N6O3S. The largest absolute Gasteiger partial charge is 0.337 e. The summed E-state index contributed by atoms with van der Waals surface area (Å²) in [4.78, 5) is 24.8. The van der Waals surface area contributed by atoms with Crippen molar-refractivity contribution < 1.29 is 13.2 Å². The van der Waals surface area contributed by atoms with Crippen molar-refractivity contribution in [1.29, 1.82) is 0 Å². The SMILES string of the molecule is CCS(=O)(=O)N1CCC(NC(=O)N2CCN(c3ncccn3)CC2)CC1. The predicted molar refractivity (Wildman–Crippen MR) is 98.4 cm³/mol. The maximum absolute atomic E-state index is 12.5. The predicted octanol–water partition coefficient (Wildman–Crippen LogP) is 0.122. The van der Waals surface area contributed by atoms with Gasteiger partial charge in [-0.05, 0) is 25.8 Å². The van der Waals surface area contributed by atoms with Gasteiger partial charge in [0.2, 0.25) is 16.0 Å². The van der Waals surface area contributed by atoms with Crippen molar-refractivity contribution in [3.63, 3.8) is 0 Å². The molecule has 2 saturated heterocycles. The third-order valence-electron chi connectivity index (χ3n) is 4.94. The van der Waals surface area contributed by atoms with Crippen molar-refractivity contribution in [3.05, 3.63) is 18.5 Å². The summed E-state index contributed by atoms with van der Waals surface area (Å²) in [6.45, 7) is 5.24. The van der Waals surface area contributed by atoms with Gasteiger partial charge in [0, 0.05) is 57.7 Å². The van der Waals surface area contributed by atoms with Gasteiger partial charge in [-0.15, -0.1) is 0 Å². The van der Waals surface area contributed by atoms with Gasteiger partial charge in [0.1, 0.15) is 0 Å². The van der Waals surface area contributed by atoms with E-state index < -0.39 is 10.0 Å². The van der Waals surface area contributed by atoms with Crippen molar-refractivity contribution in [1.82, 2.24) is 24.5 Å². The Morgan fingerprint density at radius 1 is 1.12 bits per heavy atom. The molecule has 0 spiro atoms. The number of aromatic nitrogens is 2. The molecule has 0 saturated carbocycles. The van der Waals surface area contributed by atoms with E-state index in [2.05, 4.69) is 20.2 Å². The van der Waals surface area contributed by atoms with Gasteiger partial charge in [0.15, 0.2) is 0 Å². The van der Waals surface area contributed by atoms with Crippen LogP contribution in [0.4, 0.5) is 10.7 Å². The molecule has 2 amide bonds. The van der Waals surface area contributed by atoms with Crippen LogP contribution in [0.3, 0.4) is 0 Å². The lowest BCUT2D eigenvalue weighted by Gasteiger charge is -2.36. The lowest BCUT2D eigenvalue weighted by atomic mass is 10.1. The Labute approximate surface area is 154 Å². The average molecular weight is 382 g/mol. The van der Waals surface area contributed by atoms with Crippen LogP contribution in [-0.2, 0) is 10.0 Å². The quantitative estimate of drug-likeness (QED) is 0.794. The van der Waals surface area contributed by atoms with Gasteiger partial charge >= 0.3 is 6.03 Å². The molecule has 0 atom stereocenters. The number of sulfonamides is 1. The first kappa shape index (κ1) is 18.8. The third-order valence-corrected chi connectivity index (χ3v) is 6.82. The van der Waals surface area contributed by atoms with Crippen LogP contribution in [0.1, 0.15) is 19.8 Å². The van der Waals surface area contributed by atoms with E-state index in [0.717, 1.165) is 0 Å². The summed E-state index contributed by atoms with van der Waals surface area (Å²) in [5, 5.41) is 3.05. The summed E-state index contributed by atoms with van der Waals surface area (Å²) in [5.41, 5.74) is 0. The number of carbonyl (C=O) groups excluding carboxylic acids is 1. The number of rotatable bonds is 4. The minimum atomic E-state index is -3.13. The second kappa shape index (κ2) is 8.17. The molecule has 0 unspecified atom stereocenters. The van der Waals surface area contributed by atoms with E-state index in [4.69, 9.17) is 0 Å². The molecule has 3 rings (SSSR count). The second-order valence-electron chi connectivity index (χ2n) is 6.55. The zero-order valence-electron chi connectivity index (χ0n) is 15.0. The summed E-state index contributed by atoms with van der Waals surface area (Å²) in [5.74, 6) is 0.816. The maximum Gasteiger partial charge on any atom is 0.317 e. The van der Waals surface area contributed by atoms with Crippen LogP contribution in [0, 0.1) is 0 Å². The van der Waals surface area contributed by atoms with Crippen molar-refractivity contribution in [2.45, 2.75) is 25.8 Å². The summed E-state index contributed by atoms with van der Waals surface area (Å²) in [6, 6.07) is 1.74. The van der Waals surface area contributed by atoms with Gasteiger partial charge in [-0.1, -0.05) is 0 Å². The van der Waals surface area contributed by atoms with Crippen LogP contribution in [0.2, 0.25) is 0 Å². The van der Waals surface area contributed by atoms with Crippen molar-refractivity contribution >= 4 is 22.0 Å². The van der Waals surface area contributed by atoms with Crippen LogP contribution in [0.15, 0.2) is 18.5 Å². The normalized spacial score (nSPS) is 20.2. The number of nitrogens with zero attached hydrogens (tertiary/aromatic N) is 5. The molecule has 144 valence electrons. The number of piperazine rings is 1. The number of nitrogens with one attached hydrogen (secondary N) is 1. The highest BCUT2D eigenvalue weighted by Crippen LogP contribution is 2.15. The Morgan fingerprint density at radius 3 is 2.31 bits per heavy atom. The minimum absolute atomic E-state index is 0.0290. The van der Waals surface area contributed by atoms with Gasteiger partial charge in [-0.25, -0.2) is 27.5 Å². The summed E-state index contributed by atoms with van der Waals surface area (Å²) in [6.07, 6.45) is 4.74. The molecule has 10 heteroatoms. The first-order valence-corrected chi connectivity index (χ1v) is 10.7. The van der Waals surface area contributed by atoms with E-state index in [1.54, 1.807) is 30.3 Å². The van der Waals surface area contributed by atoms with Gasteiger partial charge in [-0.3, -0.25) is 0 Å². The Kier molecular flexibility index (Phi) is 5.92. The molecule has 0 aliphatic carbocycles. The molecule has 3 heterocycles. The Morgan fingerprint density at radius 2 is 1.73 bits per heavy atom. The molecule has 9 nitrogen and oxygen atoms in total. The average Bonchev–Trinajstić information content (AvgIpc) is 2.69. The molecule has 1 aromatic heterocycles. The number of hydrogen-bond acceptors (Lipinski definition) is 6. The molecule has 1 aromatic rings. The molecule has 0 bridgehead atoms. The van der Waals surface area contributed by atoms with Crippen LogP contribution < -0.4 is 10.2 Å². The highest BCUT2D eigenvalue weighted by Gasteiger charge is 2.29. The highest BCUT2D eigenvalue weighted by molar-refractivity contribution is 7.89. The first-order chi connectivity index (χ1) is 12.5. The minimum Gasteiger partial charge on any atom is -0.337 e. The number of anilines is 1. The molecular weight excluding hydrogens is 356 g/mol. The number of urea groups is 1. The summed E-state index contributed by atoms with van der Waals surface area (Å²) < 4.78 is 25.3. The van der Waals surface area contributed by atoms with E-state index in [0.29, 0.717) is 58.1 Å². The maximum atomic E-state index is 12.5.